The Morgan fingerprint density at radius 3 is 2.57 bits per heavy atom. The maximum atomic E-state index is 13.3. The highest BCUT2D eigenvalue weighted by molar-refractivity contribution is 6.08. The van der Waals surface area contributed by atoms with Crippen molar-refractivity contribution in [3.8, 4) is 5.75 Å². The third kappa shape index (κ3) is 1.99. The van der Waals surface area contributed by atoms with Crippen LogP contribution < -0.4 is 4.74 Å². The molecule has 3 heteroatoms. The number of rotatable bonds is 3. The Labute approximate surface area is 82.0 Å². The molecular weight excluding hydrogens is 183 g/mol. The van der Waals surface area contributed by atoms with Gasteiger partial charge in [-0.05, 0) is 24.6 Å². The Hall–Kier alpha value is -1.64. The number of carbonyl (C=O) groups excluding carboxylic acids is 1. The third-order valence-corrected chi connectivity index (χ3v) is 1.81. The normalized spacial score (nSPS) is 9.64. The van der Waals surface area contributed by atoms with Gasteiger partial charge in [0, 0.05) is 6.07 Å². The van der Waals surface area contributed by atoms with Crippen LogP contribution in [-0.2, 0) is 0 Å². The summed E-state index contributed by atoms with van der Waals surface area (Å²) in [7, 11) is 1.44. The molecule has 1 aromatic carbocycles. The van der Waals surface area contributed by atoms with E-state index >= 15 is 0 Å². The number of hydrogen-bond acceptors (Lipinski definition) is 2. The van der Waals surface area contributed by atoms with E-state index in [0.29, 0.717) is 11.3 Å². The second-order valence-electron chi connectivity index (χ2n) is 2.96. The molecule has 0 aliphatic heterocycles. The van der Waals surface area contributed by atoms with Crippen molar-refractivity contribution in [2.24, 2.45) is 0 Å². The summed E-state index contributed by atoms with van der Waals surface area (Å²) in [6.45, 7) is 5.02. The van der Waals surface area contributed by atoms with Crippen LogP contribution in [0.1, 0.15) is 17.3 Å². The number of benzene rings is 1. The SMILES string of the molecule is C=C(C)C(=O)c1ccc(OC)cc1F. The topological polar surface area (TPSA) is 26.3 Å². The van der Waals surface area contributed by atoms with Crippen molar-refractivity contribution in [2.45, 2.75) is 6.92 Å². The maximum Gasteiger partial charge on any atom is 0.191 e. The fourth-order valence-electron chi connectivity index (χ4n) is 1.04. The lowest BCUT2D eigenvalue weighted by Gasteiger charge is -2.04. The van der Waals surface area contributed by atoms with Gasteiger partial charge in [0.15, 0.2) is 5.78 Å². The van der Waals surface area contributed by atoms with Crippen LogP contribution in [0.3, 0.4) is 0 Å². The van der Waals surface area contributed by atoms with Crippen molar-refractivity contribution in [3.05, 3.63) is 41.7 Å². The van der Waals surface area contributed by atoms with Gasteiger partial charge in [-0.2, -0.15) is 0 Å². The Morgan fingerprint density at radius 1 is 1.50 bits per heavy atom. The van der Waals surface area contributed by atoms with Gasteiger partial charge in [-0.15, -0.1) is 0 Å². The molecule has 0 aliphatic carbocycles. The standard InChI is InChI=1S/C11H11FO2/c1-7(2)11(13)9-5-4-8(14-3)6-10(9)12/h4-6H,1H2,2-3H3. The molecule has 0 spiro atoms. The molecular formula is C11H11FO2. The minimum Gasteiger partial charge on any atom is -0.497 e. The van der Waals surface area contributed by atoms with Crippen molar-refractivity contribution in [3.63, 3.8) is 0 Å². The van der Waals surface area contributed by atoms with E-state index in [4.69, 9.17) is 4.74 Å². The lowest BCUT2D eigenvalue weighted by Crippen LogP contribution is -2.03. The van der Waals surface area contributed by atoms with Crippen LogP contribution >= 0.6 is 0 Å². The van der Waals surface area contributed by atoms with Crippen LogP contribution in [0, 0.1) is 5.82 Å². The molecule has 0 radical (unpaired) electrons. The average Bonchev–Trinajstić information content (AvgIpc) is 2.16. The van der Waals surface area contributed by atoms with Crippen LogP contribution in [0.2, 0.25) is 0 Å². The van der Waals surface area contributed by atoms with E-state index in [0.717, 1.165) is 0 Å². The minimum absolute atomic E-state index is 0.0262. The molecule has 1 aromatic rings. The second kappa shape index (κ2) is 4.05. The first-order valence-corrected chi connectivity index (χ1v) is 4.10. The van der Waals surface area contributed by atoms with E-state index in [1.807, 2.05) is 0 Å². The van der Waals surface area contributed by atoms with Crippen LogP contribution in [0.5, 0.6) is 5.75 Å². The summed E-state index contributed by atoms with van der Waals surface area (Å²) in [5.41, 5.74) is 0.340. The predicted molar refractivity (Wildman–Crippen MR) is 52.1 cm³/mol. The summed E-state index contributed by atoms with van der Waals surface area (Å²) in [4.78, 5) is 11.4. The fraction of sp³-hybridized carbons (Fsp3) is 0.182. The smallest absolute Gasteiger partial charge is 0.191 e. The molecule has 2 nitrogen and oxygen atoms in total. The summed E-state index contributed by atoms with van der Waals surface area (Å²) >= 11 is 0. The molecule has 0 fully saturated rings. The maximum absolute atomic E-state index is 13.3. The summed E-state index contributed by atoms with van der Waals surface area (Å²) in [5.74, 6) is -0.580. The second-order valence-corrected chi connectivity index (χ2v) is 2.96. The number of Topliss-reactive ketones (excluding diaryl/α,β-unsaturated/α-hetero) is 1. The number of allylic oxidation sites excluding steroid dienone is 1. The average molecular weight is 194 g/mol. The molecule has 14 heavy (non-hydrogen) atoms. The minimum atomic E-state index is -0.586. The van der Waals surface area contributed by atoms with Crippen molar-refractivity contribution >= 4 is 5.78 Å². The summed E-state index contributed by atoms with van der Waals surface area (Å²) in [6.07, 6.45) is 0. The molecule has 0 bridgehead atoms. The first-order chi connectivity index (χ1) is 6.56. The van der Waals surface area contributed by atoms with Crippen LogP contribution in [0.4, 0.5) is 4.39 Å². The molecule has 0 saturated heterocycles. The van der Waals surface area contributed by atoms with Crippen LogP contribution in [0.15, 0.2) is 30.4 Å². The fourth-order valence-corrected chi connectivity index (χ4v) is 1.04. The molecule has 74 valence electrons. The van der Waals surface area contributed by atoms with Gasteiger partial charge in [0.1, 0.15) is 11.6 Å². The lowest BCUT2D eigenvalue weighted by atomic mass is 10.1. The quantitative estimate of drug-likeness (QED) is 0.546. The lowest BCUT2D eigenvalue weighted by molar-refractivity contribution is 0.103. The monoisotopic (exact) mass is 194 g/mol. The molecule has 1 rings (SSSR count). The molecule has 0 saturated carbocycles. The zero-order chi connectivity index (χ0) is 10.7. The van der Waals surface area contributed by atoms with Gasteiger partial charge in [0.25, 0.3) is 0 Å². The van der Waals surface area contributed by atoms with E-state index in [2.05, 4.69) is 6.58 Å². The Balaban J connectivity index is 3.12. The van der Waals surface area contributed by atoms with Crippen molar-refractivity contribution in [2.75, 3.05) is 7.11 Å². The molecule has 0 N–H and O–H groups in total. The zero-order valence-corrected chi connectivity index (χ0v) is 8.13. The molecule has 0 aliphatic rings. The highest BCUT2D eigenvalue weighted by Crippen LogP contribution is 2.18. The third-order valence-electron chi connectivity index (χ3n) is 1.81. The number of ketones is 1. The molecule has 0 amide bonds. The van der Waals surface area contributed by atoms with E-state index in [9.17, 15) is 9.18 Å². The van der Waals surface area contributed by atoms with Gasteiger partial charge in [0.2, 0.25) is 0 Å². The first kappa shape index (κ1) is 10.4. The van der Waals surface area contributed by atoms with Gasteiger partial charge >= 0.3 is 0 Å². The van der Waals surface area contributed by atoms with E-state index in [1.165, 1.54) is 19.2 Å². The Bertz CT molecular complexity index is 383. The zero-order valence-electron chi connectivity index (χ0n) is 8.13. The number of halogens is 1. The summed E-state index contributed by atoms with van der Waals surface area (Å²) < 4.78 is 18.1. The largest absolute Gasteiger partial charge is 0.497 e. The van der Waals surface area contributed by atoms with E-state index in [-0.39, 0.29) is 11.3 Å². The molecule has 0 heterocycles. The van der Waals surface area contributed by atoms with Crippen molar-refractivity contribution in [1.82, 2.24) is 0 Å². The number of methoxy groups -OCH3 is 1. The van der Waals surface area contributed by atoms with Gasteiger partial charge in [-0.1, -0.05) is 6.58 Å². The first-order valence-electron chi connectivity index (χ1n) is 4.10. The number of carbonyl (C=O) groups is 1. The van der Waals surface area contributed by atoms with Crippen LogP contribution in [-0.4, -0.2) is 12.9 Å². The summed E-state index contributed by atoms with van der Waals surface area (Å²) in [6, 6.07) is 4.11. The van der Waals surface area contributed by atoms with Crippen LogP contribution in [0.25, 0.3) is 0 Å². The Kier molecular flexibility index (Phi) is 3.02. The number of hydrogen-bond donors (Lipinski definition) is 0. The van der Waals surface area contributed by atoms with E-state index < -0.39 is 5.82 Å². The van der Waals surface area contributed by atoms with Gasteiger partial charge < -0.3 is 4.74 Å². The van der Waals surface area contributed by atoms with Crippen molar-refractivity contribution in [1.29, 1.82) is 0 Å². The molecule has 0 atom stereocenters. The summed E-state index contributed by atoms with van der Waals surface area (Å²) in [5, 5.41) is 0. The van der Waals surface area contributed by atoms with Gasteiger partial charge in [-0.3, -0.25) is 4.79 Å². The highest BCUT2D eigenvalue weighted by Gasteiger charge is 2.12. The highest BCUT2D eigenvalue weighted by atomic mass is 19.1. The van der Waals surface area contributed by atoms with E-state index in [1.54, 1.807) is 13.0 Å². The molecule has 0 aromatic heterocycles. The number of ether oxygens (including phenoxy) is 1. The molecule has 0 unspecified atom stereocenters. The Morgan fingerprint density at radius 2 is 2.14 bits per heavy atom. The van der Waals surface area contributed by atoms with Crippen molar-refractivity contribution < 1.29 is 13.9 Å². The van der Waals surface area contributed by atoms with Gasteiger partial charge in [0.05, 0.1) is 12.7 Å². The van der Waals surface area contributed by atoms with Gasteiger partial charge in [-0.25, -0.2) is 4.39 Å². The predicted octanol–water partition coefficient (Wildman–Crippen LogP) is 2.59.